The van der Waals surface area contributed by atoms with Gasteiger partial charge in [-0.1, -0.05) is 17.7 Å². The van der Waals surface area contributed by atoms with Crippen LogP contribution in [-0.2, 0) is 21.2 Å². The van der Waals surface area contributed by atoms with Crippen LogP contribution in [0.1, 0.15) is 36.9 Å². The first-order chi connectivity index (χ1) is 9.47. The summed E-state index contributed by atoms with van der Waals surface area (Å²) >= 11 is 5.97. The van der Waals surface area contributed by atoms with Crippen molar-refractivity contribution in [3.8, 4) is 0 Å². The Kier molecular flexibility index (Phi) is 3.79. The van der Waals surface area contributed by atoms with Crippen molar-refractivity contribution in [3.63, 3.8) is 0 Å². The quantitative estimate of drug-likeness (QED) is 0.932. The summed E-state index contributed by atoms with van der Waals surface area (Å²) in [6, 6.07) is 5.52. The number of fused-ring (bicyclic) bond motifs is 1. The Morgan fingerprint density at radius 1 is 1.35 bits per heavy atom. The molecular weight excluding hydrogens is 298 g/mol. The van der Waals surface area contributed by atoms with Gasteiger partial charge in [0.25, 0.3) is 0 Å². The topological polar surface area (TPSA) is 55.4 Å². The van der Waals surface area contributed by atoms with E-state index in [4.69, 9.17) is 16.3 Å². The predicted molar refractivity (Wildman–Crippen MR) is 78.4 cm³/mol. The molecule has 1 aliphatic carbocycles. The van der Waals surface area contributed by atoms with Crippen LogP contribution in [0.25, 0.3) is 0 Å². The molecule has 3 rings (SSSR count). The third kappa shape index (κ3) is 2.60. The van der Waals surface area contributed by atoms with Crippen LogP contribution < -0.4 is 4.72 Å². The van der Waals surface area contributed by atoms with E-state index in [1.165, 1.54) is 0 Å². The lowest BCUT2D eigenvalue weighted by Crippen LogP contribution is -2.39. The molecule has 4 nitrogen and oxygen atoms in total. The number of nitrogens with one attached hydrogen (secondary N) is 1. The minimum absolute atomic E-state index is 0.139. The summed E-state index contributed by atoms with van der Waals surface area (Å²) in [7, 11) is -3.35. The third-order valence-electron chi connectivity index (χ3n) is 4.19. The second-order valence-electron chi connectivity index (χ2n) is 5.50. The third-order valence-corrected chi connectivity index (χ3v) is 6.46. The first kappa shape index (κ1) is 14.3. The van der Waals surface area contributed by atoms with Gasteiger partial charge in [0, 0.05) is 17.7 Å². The van der Waals surface area contributed by atoms with Crippen molar-refractivity contribution in [2.75, 3.05) is 6.61 Å². The van der Waals surface area contributed by atoms with E-state index in [1.807, 2.05) is 25.1 Å². The Bertz CT molecular complexity index is 617. The highest BCUT2D eigenvalue weighted by Gasteiger charge is 2.38. The van der Waals surface area contributed by atoms with Crippen molar-refractivity contribution >= 4 is 21.6 Å². The normalized spacial score (nSPS) is 29.6. The highest BCUT2D eigenvalue weighted by atomic mass is 35.5. The molecule has 20 heavy (non-hydrogen) atoms. The molecule has 6 heteroatoms. The number of aryl methyl sites for hydroxylation is 1. The van der Waals surface area contributed by atoms with Crippen LogP contribution in [0, 0.1) is 0 Å². The number of halogens is 1. The average Bonchev–Trinajstić information content (AvgIpc) is 2.96. The van der Waals surface area contributed by atoms with E-state index in [0.29, 0.717) is 18.1 Å². The highest BCUT2D eigenvalue weighted by Crippen LogP contribution is 2.34. The molecule has 1 N–H and O–H groups in total. The fourth-order valence-corrected chi connectivity index (χ4v) is 5.11. The van der Waals surface area contributed by atoms with Crippen LogP contribution in [-0.4, -0.2) is 26.4 Å². The molecule has 0 saturated carbocycles. The zero-order valence-electron chi connectivity index (χ0n) is 11.3. The van der Waals surface area contributed by atoms with E-state index in [0.717, 1.165) is 24.0 Å². The fraction of sp³-hybridized carbons (Fsp3) is 0.571. The van der Waals surface area contributed by atoms with Gasteiger partial charge in [0.15, 0.2) is 0 Å². The maximum Gasteiger partial charge on any atom is 0.217 e. The molecule has 0 spiro atoms. The lowest BCUT2D eigenvalue weighted by atomic mass is 10.1. The second-order valence-corrected chi connectivity index (χ2v) is 7.87. The van der Waals surface area contributed by atoms with Gasteiger partial charge in [-0.25, -0.2) is 13.1 Å². The molecule has 1 aromatic rings. The molecule has 1 aliphatic heterocycles. The number of sulfonamides is 1. The zero-order valence-corrected chi connectivity index (χ0v) is 12.9. The molecule has 0 radical (unpaired) electrons. The fourth-order valence-electron chi connectivity index (χ4n) is 3.11. The van der Waals surface area contributed by atoms with Gasteiger partial charge in [0.05, 0.1) is 6.10 Å². The van der Waals surface area contributed by atoms with Crippen molar-refractivity contribution < 1.29 is 13.2 Å². The summed E-state index contributed by atoms with van der Waals surface area (Å²) in [5.41, 5.74) is 2.19. The number of rotatable bonds is 3. The highest BCUT2D eigenvalue weighted by molar-refractivity contribution is 7.90. The van der Waals surface area contributed by atoms with Gasteiger partial charge in [-0.15, -0.1) is 0 Å². The number of ether oxygens (including phenoxy) is 1. The van der Waals surface area contributed by atoms with E-state index in [2.05, 4.69) is 4.72 Å². The SMILES string of the molecule is C[C@@H]1OCC[C@@H]1S(=O)(=O)N[C@H]1CCc2cc(Cl)ccc21. The Morgan fingerprint density at radius 2 is 2.15 bits per heavy atom. The smallest absolute Gasteiger partial charge is 0.217 e. The minimum Gasteiger partial charge on any atom is -0.377 e. The van der Waals surface area contributed by atoms with Crippen LogP contribution in [0.2, 0.25) is 5.02 Å². The second kappa shape index (κ2) is 5.30. The van der Waals surface area contributed by atoms with Crippen molar-refractivity contribution in [1.82, 2.24) is 4.72 Å². The van der Waals surface area contributed by atoms with E-state index >= 15 is 0 Å². The molecule has 1 saturated heterocycles. The molecule has 1 heterocycles. The van der Waals surface area contributed by atoms with Crippen LogP contribution in [0.4, 0.5) is 0 Å². The van der Waals surface area contributed by atoms with Gasteiger partial charge in [0.1, 0.15) is 5.25 Å². The van der Waals surface area contributed by atoms with Gasteiger partial charge < -0.3 is 4.74 Å². The summed E-state index contributed by atoms with van der Waals surface area (Å²) in [5, 5.41) is 0.254. The summed E-state index contributed by atoms with van der Waals surface area (Å²) in [5.74, 6) is 0. The Balaban J connectivity index is 1.80. The monoisotopic (exact) mass is 315 g/mol. The van der Waals surface area contributed by atoms with Crippen molar-refractivity contribution in [1.29, 1.82) is 0 Å². The maximum atomic E-state index is 12.5. The maximum absolute atomic E-state index is 12.5. The summed E-state index contributed by atoms with van der Waals surface area (Å²) in [6.07, 6.45) is 1.98. The number of hydrogen-bond donors (Lipinski definition) is 1. The average molecular weight is 316 g/mol. The first-order valence-corrected chi connectivity index (χ1v) is 8.81. The van der Waals surface area contributed by atoms with Gasteiger partial charge in [0.2, 0.25) is 10.0 Å². The van der Waals surface area contributed by atoms with Crippen LogP contribution >= 0.6 is 11.6 Å². The molecule has 0 aromatic heterocycles. The minimum atomic E-state index is -3.35. The Labute approximate surface area is 124 Å². The molecule has 3 atom stereocenters. The van der Waals surface area contributed by atoms with Crippen molar-refractivity contribution in [2.24, 2.45) is 0 Å². The first-order valence-electron chi connectivity index (χ1n) is 6.88. The molecule has 0 bridgehead atoms. The van der Waals surface area contributed by atoms with Gasteiger partial charge >= 0.3 is 0 Å². The largest absolute Gasteiger partial charge is 0.377 e. The molecule has 110 valence electrons. The van der Waals surface area contributed by atoms with Crippen molar-refractivity contribution in [2.45, 2.75) is 43.6 Å². The van der Waals surface area contributed by atoms with E-state index in [-0.39, 0.29) is 12.1 Å². The lowest BCUT2D eigenvalue weighted by Gasteiger charge is -2.20. The van der Waals surface area contributed by atoms with Crippen LogP contribution in [0.15, 0.2) is 18.2 Å². The standard InChI is InChI=1S/C14H18ClNO3S/c1-9-14(6-7-19-9)20(17,18)16-13-5-2-10-8-11(15)3-4-12(10)13/h3-4,8-9,13-14,16H,2,5-7H2,1H3/t9-,13-,14-/m0/s1. The Hall–Kier alpha value is -0.620. The van der Waals surface area contributed by atoms with Crippen molar-refractivity contribution in [3.05, 3.63) is 34.3 Å². The molecule has 1 aromatic carbocycles. The van der Waals surface area contributed by atoms with Gasteiger partial charge in [-0.2, -0.15) is 0 Å². The number of benzene rings is 1. The predicted octanol–water partition coefficient (Wildman–Crippen LogP) is 2.42. The van der Waals surface area contributed by atoms with Gasteiger partial charge in [-0.3, -0.25) is 0 Å². The van der Waals surface area contributed by atoms with Crippen LogP contribution in [0.5, 0.6) is 0 Å². The zero-order chi connectivity index (χ0) is 14.3. The summed E-state index contributed by atoms with van der Waals surface area (Å²) in [4.78, 5) is 0. The van der Waals surface area contributed by atoms with E-state index in [9.17, 15) is 8.42 Å². The number of hydrogen-bond acceptors (Lipinski definition) is 3. The molecular formula is C14H18ClNO3S. The Morgan fingerprint density at radius 3 is 2.85 bits per heavy atom. The van der Waals surface area contributed by atoms with Crippen LogP contribution in [0.3, 0.4) is 0 Å². The van der Waals surface area contributed by atoms with Gasteiger partial charge in [-0.05, 0) is 49.4 Å². The summed E-state index contributed by atoms with van der Waals surface area (Å²) in [6.45, 7) is 2.34. The van der Waals surface area contributed by atoms with E-state index < -0.39 is 15.3 Å². The molecule has 1 fully saturated rings. The molecule has 2 aliphatic rings. The molecule has 0 unspecified atom stereocenters. The lowest BCUT2D eigenvalue weighted by molar-refractivity contribution is 0.126. The van der Waals surface area contributed by atoms with E-state index in [1.54, 1.807) is 0 Å². The molecule has 0 amide bonds. The summed E-state index contributed by atoms with van der Waals surface area (Å²) < 4.78 is 33.1.